The minimum Gasteiger partial charge on any atom is -0.398 e. The summed E-state index contributed by atoms with van der Waals surface area (Å²) in [5.41, 5.74) is 7.94. The van der Waals surface area contributed by atoms with E-state index in [4.69, 9.17) is 5.73 Å². The Hall–Kier alpha value is -2.95. The van der Waals surface area contributed by atoms with E-state index >= 15 is 0 Å². The topological polar surface area (TPSA) is 68.0 Å². The Morgan fingerprint density at radius 2 is 1.95 bits per heavy atom. The molecule has 1 heterocycles. The number of nitrogens with zero attached hydrogens (tertiary/aromatic N) is 1. The monoisotopic (exact) mass is 295 g/mol. The van der Waals surface area contributed by atoms with Gasteiger partial charge in [-0.3, -0.25) is 9.78 Å². The van der Waals surface area contributed by atoms with Crippen molar-refractivity contribution < 1.29 is 9.18 Å². The number of halogens is 1. The summed E-state index contributed by atoms with van der Waals surface area (Å²) in [5.74, 6) is -0.853. The second kappa shape index (κ2) is 5.44. The predicted octanol–water partition coefficient (Wildman–Crippen LogP) is 3.52. The Bertz CT molecular complexity index is 877. The van der Waals surface area contributed by atoms with Crippen LogP contribution in [0.3, 0.4) is 0 Å². The van der Waals surface area contributed by atoms with Crippen LogP contribution >= 0.6 is 0 Å². The van der Waals surface area contributed by atoms with Gasteiger partial charge in [-0.1, -0.05) is 18.2 Å². The zero-order valence-corrected chi connectivity index (χ0v) is 11.9. The van der Waals surface area contributed by atoms with Crippen molar-refractivity contribution in [2.45, 2.75) is 6.92 Å². The number of nitrogen functional groups attached to an aromatic ring is 1. The largest absolute Gasteiger partial charge is 0.398 e. The van der Waals surface area contributed by atoms with Crippen LogP contribution in [-0.4, -0.2) is 10.9 Å². The van der Waals surface area contributed by atoms with Crippen molar-refractivity contribution in [3.63, 3.8) is 0 Å². The minimum absolute atomic E-state index is 0.109. The molecule has 5 heteroatoms. The van der Waals surface area contributed by atoms with Crippen molar-refractivity contribution in [2.24, 2.45) is 0 Å². The van der Waals surface area contributed by atoms with Crippen molar-refractivity contribution in [2.75, 3.05) is 11.1 Å². The van der Waals surface area contributed by atoms with E-state index in [-0.39, 0.29) is 11.1 Å². The van der Waals surface area contributed by atoms with Crippen LogP contribution in [0, 0.1) is 12.7 Å². The number of amides is 1. The van der Waals surface area contributed by atoms with Crippen LogP contribution in [0.5, 0.6) is 0 Å². The summed E-state index contributed by atoms with van der Waals surface area (Å²) in [6, 6.07) is 11.6. The molecule has 1 amide bonds. The summed E-state index contributed by atoms with van der Waals surface area (Å²) in [5, 5.41) is 3.40. The van der Waals surface area contributed by atoms with Crippen LogP contribution in [0.1, 0.15) is 16.1 Å². The molecule has 0 bridgehead atoms. The Kier molecular flexibility index (Phi) is 3.47. The van der Waals surface area contributed by atoms with Gasteiger partial charge in [-0.15, -0.1) is 0 Å². The fourth-order valence-electron chi connectivity index (χ4n) is 2.36. The number of aromatic nitrogens is 1. The third-order valence-corrected chi connectivity index (χ3v) is 3.51. The Balaban J connectivity index is 2.09. The number of carbonyl (C=O) groups is 1. The Morgan fingerprint density at radius 1 is 1.18 bits per heavy atom. The van der Waals surface area contributed by atoms with Gasteiger partial charge in [-0.05, 0) is 36.8 Å². The van der Waals surface area contributed by atoms with E-state index in [0.29, 0.717) is 16.8 Å². The normalized spacial score (nSPS) is 10.6. The van der Waals surface area contributed by atoms with Gasteiger partial charge in [0.2, 0.25) is 0 Å². The second-order valence-electron chi connectivity index (χ2n) is 4.99. The molecule has 0 atom stereocenters. The number of nitrogens with one attached hydrogen (secondary N) is 1. The third-order valence-electron chi connectivity index (χ3n) is 3.51. The van der Waals surface area contributed by atoms with Gasteiger partial charge in [-0.2, -0.15) is 0 Å². The van der Waals surface area contributed by atoms with E-state index in [9.17, 15) is 9.18 Å². The molecule has 3 rings (SSSR count). The van der Waals surface area contributed by atoms with Crippen molar-refractivity contribution in [1.29, 1.82) is 0 Å². The standard InChI is InChI=1S/C17H14FN3O/c1-10-4-2-3-5-14(10)21-17(22)16-15-11(8-9-20-16)12(18)6-7-13(15)19/h2-9H,19H2,1H3,(H,21,22). The molecule has 0 aliphatic carbocycles. The van der Waals surface area contributed by atoms with Gasteiger partial charge in [-0.25, -0.2) is 4.39 Å². The lowest BCUT2D eigenvalue weighted by molar-refractivity contribution is 0.102. The molecule has 0 saturated carbocycles. The summed E-state index contributed by atoms with van der Waals surface area (Å²) in [7, 11) is 0. The highest BCUT2D eigenvalue weighted by atomic mass is 19.1. The molecule has 0 spiro atoms. The predicted molar refractivity (Wildman–Crippen MR) is 85.2 cm³/mol. The fourth-order valence-corrected chi connectivity index (χ4v) is 2.36. The van der Waals surface area contributed by atoms with Crippen LogP contribution in [-0.2, 0) is 0 Å². The van der Waals surface area contributed by atoms with E-state index in [1.165, 1.54) is 24.4 Å². The van der Waals surface area contributed by atoms with Gasteiger partial charge in [0.25, 0.3) is 5.91 Å². The molecule has 0 aliphatic heterocycles. The highest BCUT2D eigenvalue weighted by Crippen LogP contribution is 2.26. The van der Waals surface area contributed by atoms with Gasteiger partial charge in [0.15, 0.2) is 0 Å². The van der Waals surface area contributed by atoms with Crippen LogP contribution < -0.4 is 11.1 Å². The smallest absolute Gasteiger partial charge is 0.274 e. The second-order valence-corrected chi connectivity index (χ2v) is 4.99. The molecule has 3 aromatic rings. The molecule has 4 nitrogen and oxygen atoms in total. The van der Waals surface area contributed by atoms with Gasteiger partial charge in [0, 0.05) is 28.3 Å². The zero-order valence-electron chi connectivity index (χ0n) is 11.9. The van der Waals surface area contributed by atoms with E-state index in [0.717, 1.165) is 5.56 Å². The molecule has 0 unspecified atom stereocenters. The molecule has 22 heavy (non-hydrogen) atoms. The number of pyridine rings is 1. The summed E-state index contributed by atoms with van der Waals surface area (Å²) in [4.78, 5) is 16.6. The molecule has 1 aromatic heterocycles. The number of rotatable bonds is 2. The van der Waals surface area contributed by atoms with E-state index < -0.39 is 11.7 Å². The first-order valence-corrected chi connectivity index (χ1v) is 6.77. The zero-order chi connectivity index (χ0) is 15.7. The van der Waals surface area contributed by atoms with Crippen LogP contribution in [0.2, 0.25) is 0 Å². The number of para-hydroxylation sites is 1. The molecule has 0 fully saturated rings. The van der Waals surface area contributed by atoms with Crippen LogP contribution in [0.15, 0.2) is 48.7 Å². The maximum absolute atomic E-state index is 13.9. The summed E-state index contributed by atoms with van der Waals surface area (Å²) < 4.78 is 13.9. The molecule has 0 saturated heterocycles. The van der Waals surface area contributed by atoms with E-state index in [2.05, 4.69) is 10.3 Å². The SMILES string of the molecule is Cc1ccccc1NC(=O)c1nccc2c(F)ccc(N)c12. The van der Waals surface area contributed by atoms with Gasteiger partial charge < -0.3 is 11.1 Å². The quantitative estimate of drug-likeness (QED) is 0.711. The maximum atomic E-state index is 13.9. The first-order chi connectivity index (χ1) is 10.6. The van der Waals surface area contributed by atoms with Crippen molar-refractivity contribution in [3.05, 3.63) is 65.7 Å². The number of anilines is 2. The minimum atomic E-state index is -0.434. The number of carbonyl (C=O) groups excluding carboxylic acids is 1. The lowest BCUT2D eigenvalue weighted by Crippen LogP contribution is -2.15. The highest BCUT2D eigenvalue weighted by molar-refractivity contribution is 6.14. The van der Waals surface area contributed by atoms with Crippen LogP contribution in [0.4, 0.5) is 15.8 Å². The summed E-state index contributed by atoms with van der Waals surface area (Å²) in [6.45, 7) is 1.89. The molecule has 0 aliphatic rings. The van der Waals surface area contributed by atoms with Crippen molar-refractivity contribution >= 4 is 28.1 Å². The summed E-state index contributed by atoms with van der Waals surface area (Å²) >= 11 is 0. The van der Waals surface area contributed by atoms with Crippen molar-refractivity contribution in [1.82, 2.24) is 4.98 Å². The number of fused-ring (bicyclic) bond motifs is 1. The lowest BCUT2D eigenvalue weighted by Gasteiger charge is -2.11. The molecular formula is C17H14FN3O. The van der Waals surface area contributed by atoms with Gasteiger partial charge in [0.1, 0.15) is 11.5 Å². The first-order valence-electron chi connectivity index (χ1n) is 6.77. The average Bonchev–Trinajstić information content (AvgIpc) is 2.53. The van der Waals surface area contributed by atoms with E-state index in [1.807, 2.05) is 25.1 Å². The number of nitrogens with two attached hydrogens (primary N) is 1. The molecular weight excluding hydrogens is 281 g/mol. The van der Waals surface area contributed by atoms with Crippen LogP contribution in [0.25, 0.3) is 10.8 Å². The van der Waals surface area contributed by atoms with Gasteiger partial charge in [0.05, 0.1) is 0 Å². The molecule has 0 radical (unpaired) electrons. The number of aryl methyl sites for hydroxylation is 1. The number of hydrogen-bond donors (Lipinski definition) is 2. The average molecular weight is 295 g/mol. The molecule has 3 N–H and O–H groups in total. The molecule has 2 aromatic carbocycles. The first kappa shape index (κ1) is 14.0. The Labute approximate surface area is 126 Å². The Morgan fingerprint density at radius 3 is 2.73 bits per heavy atom. The fraction of sp³-hybridized carbons (Fsp3) is 0.0588. The highest BCUT2D eigenvalue weighted by Gasteiger charge is 2.16. The van der Waals surface area contributed by atoms with Gasteiger partial charge >= 0.3 is 0 Å². The number of benzene rings is 2. The molecule has 110 valence electrons. The van der Waals surface area contributed by atoms with E-state index in [1.54, 1.807) is 6.07 Å². The third kappa shape index (κ3) is 2.37. The maximum Gasteiger partial charge on any atom is 0.274 e. The number of hydrogen-bond acceptors (Lipinski definition) is 3. The van der Waals surface area contributed by atoms with Crippen molar-refractivity contribution in [3.8, 4) is 0 Å². The lowest BCUT2D eigenvalue weighted by atomic mass is 10.1. The summed E-state index contributed by atoms with van der Waals surface area (Å²) in [6.07, 6.45) is 1.40.